The highest BCUT2D eigenvalue weighted by Gasteiger charge is 2.31. The number of thiocarbonyl (C=S) groups is 1. The Labute approximate surface area is 161 Å². The fraction of sp³-hybridized carbons (Fsp3) is 0.278. The van der Waals surface area contributed by atoms with Crippen molar-refractivity contribution in [2.75, 3.05) is 12.4 Å². The van der Waals surface area contributed by atoms with E-state index in [-0.39, 0.29) is 5.69 Å². The van der Waals surface area contributed by atoms with Crippen LogP contribution < -0.4 is 10.1 Å². The first-order valence-electron chi connectivity index (χ1n) is 8.12. The van der Waals surface area contributed by atoms with Crippen LogP contribution in [0.3, 0.4) is 0 Å². The van der Waals surface area contributed by atoms with E-state index < -0.39 is 4.92 Å². The van der Waals surface area contributed by atoms with Crippen molar-refractivity contribution in [1.82, 2.24) is 4.90 Å². The van der Waals surface area contributed by atoms with E-state index in [9.17, 15) is 10.1 Å². The Morgan fingerprint density at radius 1 is 1.35 bits per heavy atom. The van der Waals surface area contributed by atoms with Gasteiger partial charge in [0.2, 0.25) is 0 Å². The number of anilines is 1. The number of nitro groups is 1. The molecule has 2 aromatic carbocycles. The molecule has 136 valence electrons. The lowest BCUT2D eigenvalue weighted by Crippen LogP contribution is -2.36. The highest BCUT2D eigenvalue weighted by Crippen LogP contribution is 2.31. The third-order valence-electron chi connectivity index (χ3n) is 4.16. The second-order valence-corrected chi connectivity index (χ2v) is 6.85. The van der Waals surface area contributed by atoms with E-state index in [2.05, 4.69) is 10.2 Å². The number of methoxy groups -OCH3 is 1. The summed E-state index contributed by atoms with van der Waals surface area (Å²) in [5, 5.41) is 14.9. The van der Waals surface area contributed by atoms with Gasteiger partial charge in [-0.3, -0.25) is 10.1 Å². The van der Waals surface area contributed by atoms with E-state index in [0.717, 1.165) is 24.2 Å². The lowest BCUT2D eigenvalue weighted by molar-refractivity contribution is -0.384. The van der Waals surface area contributed by atoms with Gasteiger partial charge >= 0.3 is 0 Å². The Bertz CT molecular complexity index is 825. The van der Waals surface area contributed by atoms with E-state index in [1.165, 1.54) is 18.2 Å². The molecule has 0 bridgehead atoms. The highest BCUT2D eigenvalue weighted by molar-refractivity contribution is 7.80. The van der Waals surface area contributed by atoms with Crippen LogP contribution in [0.4, 0.5) is 11.4 Å². The number of halogens is 1. The van der Waals surface area contributed by atoms with Gasteiger partial charge in [0.25, 0.3) is 5.69 Å². The Kier molecular flexibility index (Phi) is 5.58. The summed E-state index contributed by atoms with van der Waals surface area (Å²) in [7, 11) is 1.63. The molecule has 1 saturated carbocycles. The standard InChI is InChI=1S/C18H18ClN3O3S/c1-25-15-7-2-12(3-8-15)11-21(13-4-5-13)18(26)20-17-10-14(22(23)24)6-9-16(17)19/h2-3,6-10,13H,4-5,11H2,1H3,(H,20,26). The second-order valence-electron chi connectivity index (χ2n) is 6.06. The number of nitrogens with one attached hydrogen (secondary N) is 1. The first-order valence-corrected chi connectivity index (χ1v) is 8.91. The molecule has 1 N–H and O–H groups in total. The Balaban J connectivity index is 1.75. The smallest absolute Gasteiger partial charge is 0.271 e. The number of nitrogens with zero attached hydrogens (tertiary/aromatic N) is 2. The maximum absolute atomic E-state index is 11.0. The number of nitro benzene ring substituents is 1. The van der Waals surface area contributed by atoms with Gasteiger partial charge in [-0.1, -0.05) is 23.7 Å². The average Bonchev–Trinajstić information content (AvgIpc) is 3.46. The van der Waals surface area contributed by atoms with Crippen molar-refractivity contribution >= 4 is 40.3 Å². The molecule has 1 fully saturated rings. The normalized spacial score (nSPS) is 13.2. The van der Waals surface area contributed by atoms with Crippen LogP contribution in [0.1, 0.15) is 18.4 Å². The number of hydrogen-bond donors (Lipinski definition) is 1. The van der Waals surface area contributed by atoms with Gasteiger partial charge in [-0.15, -0.1) is 0 Å². The molecule has 0 aliphatic heterocycles. The van der Waals surface area contributed by atoms with Crippen molar-refractivity contribution in [2.45, 2.75) is 25.4 Å². The Morgan fingerprint density at radius 3 is 2.62 bits per heavy atom. The van der Waals surface area contributed by atoms with Gasteiger partial charge in [0, 0.05) is 24.7 Å². The van der Waals surface area contributed by atoms with E-state index in [1.54, 1.807) is 7.11 Å². The van der Waals surface area contributed by atoms with Crippen LogP contribution >= 0.6 is 23.8 Å². The molecule has 0 spiro atoms. The predicted molar refractivity (Wildman–Crippen MR) is 106 cm³/mol. The van der Waals surface area contributed by atoms with Crippen LogP contribution in [-0.2, 0) is 6.54 Å². The van der Waals surface area contributed by atoms with Crippen molar-refractivity contribution in [2.24, 2.45) is 0 Å². The van der Waals surface area contributed by atoms with Crippen molar-refractivity contribution < 1.29 is 9.66 Å². The van der Waals surface area contributed by atoms with E-state index in [4.69, 9.17) is 28.6 Å². The van der Waals surface area contributed by atoms with Crippen molar-refractivity contribution in [3.63, 3.8) is 0 Å². The monoisotopic (exact) mass is 391 g/mol. The molecule has 0 atom stereocenters. The molecule has 8 heteroatoms. The summed E-state index contributed by atoms with van der Waals surface area (Å²) < 4.78 is 5.18. The minimum absolute atomic E-state index is 0.0344. The quantitative estimate of drug-likeness (QED) is 0.440. The van der Waals surface area contributed by atoms with E-state index in [0.29, 0.717) is 28.4 Å². The van der Waals surface area contributed by atoms with Crippen molar-refractivity contribution in [3.05, 3.63) is 63.2 Å². The molecule has 0 saturated heterocycles. The zero-order valence-electron chi connectivity index (χ0n) is 14.1. The first kappa shape index (κ1) is 18.4. The summed E-state index contributed by atoms with van der Waals surface area (Å²) in [6.07, 6.45) is 2.14. The summed E-state index contributed by atoms with van der Waals surface area (Å²) >= 11 is 11.7. The topological polar surface area (TPSA) is 67.6 Å². The molecule has 0 aromatic heterocycles. The minimum Gasteiger partial charge on any atom is -0.497 e. The molecule has 2 aromatic rings. The molecule has 0 unspecified atom stereocenters. The maximum atomic E-state index is 11.0. The predicted octanol–water partition coefficient (Wildman–Crippen LogP) is 4.62. The maximum Gasteiger partial charge on any atom is 0.271 e. The number of rotatable bonds is 6. The molecule has 3 rings (SSSR count). The summed E-state index contributed by atoms with van der Waals surface area (Å²) in [5.74, 6) is 0.802. The van der Waals surface area contributed by atoms with Gasteiger partial charge in [0.1, 0.15) is 5.75 Å². The van der Waals surface area contributed by atoms with Crippen LogP contribution in [0.5, 0.6) is 5.75 Å². The summed E-state index contributed by atoms with van der Waals surface area (Å²) in [6.45, 7) is 0.646. The number of ether oxygens (including phenoxy) is 1. The van der Waals surface area contributed by atoms with Gasteiger partial charge in [-0.05, 0) is 48.8 Å². The van der Waals surface area contributed by atoms with Gasteiger partial charge in [-0.25, -0.2) is 0 Å². The molecule has 6 nitrogen and oxygen atoms in total. The first-order chi connectivity index (χ1) is 12.5. The molecule has 26 heavy (non-hydrogen) atoms. The Morgan fingerprint density at radius 2 is 2.04 bits per heavy atom. The Hall–Kier alpha value is -2.38. The van der Waals surface area contributed by atoms with Gasteiger partial charge < -0.3 is 15.0 Å². The lowest BCUT2D eigenvalue weighted by atomic mass is 10.2. The summed E-state index contributed by atoms with van der Waals surface area (Å²) in [4.78, 5) is 12.6. The van der Waals surface area contributed by atoms with E-state index >= 15 is 0 Å². The summed E-state index contributed by atoms with van der Waals surface area (Å²) in [5.41, 5.74) is 1.51. The molecule has 0 heterocycles. The molecule has 0 radical (unpaired) electrons. The third-order valence-corrected chi connectivity index (χ3v) is 4.83. The molecule has 0 amide bonds. The summed E-state index contributed by atoms with van der Waals surface area (Å²) in [6, 6.07) is 12.4. The molecular formula is C18H18ClN3O3S. The zero-order valence-corrected chi connectivity index (χ0v) is 15.7. The van der Waals surface area contributed by atoms with Crippen LogP contribution in [0.15, 0.2) is 42.5 Å². The van der Waals surface area contributed by atoms with Crippen LogP contribution in [0.25, 0.3) is 0 Å². The number of benzene rings is 2. The van der Waals surface area contributed by atoms with Crippen LogP contribution in [-0.4, -0.2) is 28.1 Å². The van der Waals surface area contributed by atoms with Crippen molar-refractivity contribution in [3.8, 4) is 5.75 Å². The third kappa shape index (κ3) is 4.42. The lowest BCUT2D eigenvalue weighted by Gasteiger charge is -2.26. The fourth-order valence-electron chi connectivity index (χ4n) is 2.59. The van der Waals surface area contributed by atoms with Crippen molar-refractivity contribution in [1.29, 1.82) is 0 Å². The molecular weight excluding hydrogens is 374 g/mol. The largest absolute Gasteiger partial charge is 0.497 e. The fourth-order valence-corrected chi connectivity index (χ4v) is 3.08. The van der Waals surface area contributed by atoms with E-state index in [1.807, 2.05) is 24.3 Å². The van der Waals surface area contributed by atoms with Gasteiger partial charge in [0.05, 0.1) is 22.7 Å². The number of hydrogen-bond acceptors (Lipinski definition) is 4. The zero-order chi connectivity index (χ0) is 18.7. The van der Waals surface area contributed by atoms with Crippen LogP contribution in [0.2, 0.25) is 5.02 Å². The average molecular weight is 392 g/mol. The van der Waals surface area contributed by atoms with Gasteiger partial charge in [0.15, 0.2) is 5.11 Å². The number of non-ortho nitro benzene ring substituents is 1. The minimum atomic E-state index is -0.458. The molecule has 1 aliphatic carbocycles. The molecule has 1 aliphatic rings. The second kappa shape index (κ2) is 7.88. The highest BCUT2D eigenvalue weighted by atomic mass is 35.5. The SMILES string of the molecule is COc1ccc(CN(C(=S)Nc2cc([N+](=O)[O-])ccc2Cl)C2CC2)cc1. The van der Waals surface area contributed by atoms with Gasteiger partial charge in [-0.2, -0.15) is 0 Å². The van der Waals surface area contributed by atoms with Crippen LogP contribution in [0, 0.1) is 10.1 Å².